The maximum absolute atomic E-state index is 10.9. The lowest BCUT2D eigenvalue weighted by Crippen LogP contribution is -1.98. The van der Waals surface area contributed by atoms with Crippen molar-refractivity contribution in [3.05, 3.63) is 24.3 Å². The highest BCUT2D eigenvalue weighted by molar-refractivity contribution is 8.13. The standard InChI is InChI=1S/C8H10ClN3O2S/c1-12(2)11-10-7-3-5-8(6-4-7)15(9,13)14/h3-6H,1-2H3. The molecule has 1 aromatic rings. The van der Waals surface area contributed by atoms with Gasteiger partial charge in [-0.15, -0.1) is 5.11 Å². The molecule has 0 N–H and O–H groups in total. The first-order chi connectivity index (χ1) is 6.89. The van der Waals surface area contributed by atoms with E-state index >= 15 is 0 Å². The van der Waals surface area contributed by atoms with Crippen molar-refractivity contribution in [1.82, 2.24) is 5.01 Å². The fourth-order valence-electron chi connectivity index (χ4n) is 0.816. The molecule has 0 saturated carbocycles. The van der Waals surface area contributed by atoms with Crippen molar-refractivity contribution < 1.29 is 8.42 Å². The van der Waals surface area contributed by atoms with Crippen LogP contribution < -0.4 is 0 Å². The predicted octanol–water partition coefficient (Wildman–Crippen LogP) is 2.17. The second-order valence-corrected chi connectivity index (χ2v) is 5.53. The summed E-state index contributed by atoms with van der Waals surface area (Å²) >= 11 is 0. The van der Waals surface area contributed by atoms with Gasteiger partial charge in [0.15, 0.2) is 0 Å². The molecule has 82 valence electrons. The summed E-state index contributed by atoms with van der Waals surface area (Å²) in [6.45, 7) is 0. The van der Waals surface area contributed by atoms with Crippen molar-refractivity contribution in [3.8, 4) is 0 Å². The summed E-state index contributed by atoms with van der Waals surface area (Å²) in [5.74, 6) is 0. The molecule has 1 rings (SSSR count). The molecular weight excluding hydrogens is 238 g/mol. The van der Waals surface area contributed by atoms with Crippen molar-refractivity contribution in [1.29, 1.82) is 0 Å². The summed E-state index contributed by atoms with van der Waals surface area (Å²) in [6.07, 6.45) is 0. The van der Waals surface area contributed by atoms with Crippen molar-refractivity contribution >= 4 is 25.4 Å². The van der Waals surface area contributed by atoms with E-state index in [1.165, 1.54) is 29.3 Å². The summed E-state index contributed by atoms with van der Waals surface area (Å²) in [4.78, 5) is 0.0490. The molecule has 0 spiro atoms. The van der Waals surface area contributed by atoms with Gasteiger partial charge in [0, 0.05) is 24.8 Å². The van der Waals surface area contributed by atoms with Crippen LogP contribution in [-0.2, 0) is 9.05 Å². The van der Waals surface area contributed by atoms with E-state index in [2.05, 4.69) is 10.3 Å². The molecule has 0 amide bonds. The second-order valence-electron chi connectivity index (χ2n) is 2.97. The summed E-state index contributed by atoms with van der Waals surface area (Å²) < 4.78 is 21.8. The Bertz CT molecular complexity index is 453. The molecule has 7 heteroatoms. The second kappa shape index (κ2) is 4.59. The number of hydrogen-bond acceptors (Lipinski definition) is 4. The minimum atomic E-state index is -3.66. The zero-order chi connectivity index (χ0) is 11.5. The minimum absolute atomic E-state index is 0.0490. The van der Waals surface area contributed by atoms with E-state index in [9.17, 15) is 8.42 Å². The zero-order valence-corrected chi connectivity index (χ0v) is 9.83. The molecule has 0 aromatic heterocycles. The van der Waals surface area contributed by atoms with Crippen LogP contribution in [0.4, 0.5) is 5.69 Å². The molecule has 15 heavy (non-hydrogen) atoms. The maximum atomic E-state index is 10.9. The molecule has 0 aliphatic carbocycles. The number of hydrogen-bond donors (Lipinski definition) is 0. The van der Waals surface area contributed by atoms with E-state index in [1.54, 1.807) is 14.1 Å². The fraction of sp³-hybridized carbons (Fsp3) is 0.250. The number of nitrogens with zero attached hydrogens (tertiary/aromatic N) is 3. The molecule has 0 fully saturated rings. The number of halogens is 1. The first-order valence-corrected chi connectivity index (χ1v) is 6.34. The van der Waals surface area contributed by atoms with Crippen molar-refractivity contribution in [3.63, 3.8) is 0 Å². The van der Waals surface area contributed by atoms with E-state index in [4.69, 9.17) is 10.7 Å². The normalized spacial score (nSPS) is 11.9. The minimum Gasteiger partial charge on any atom is -0.285 e. The first kappa shape index (κ1) is 11.9. The van der Waals surface area contributed by atoms with E-state index in [0.29, 0.717) is 5.69 Å². The average molecular weight is 248 g/mol. The van der Waals surface area contributed by atoms with Gasteiger partial charge in [-0.1, -0.05) is 5.22 Å². The molecule has 0 unspecified atom stereocenters. The maximum Gasteiger partial charge on any atom is 0.261 e. The Hall–Kier alpha value is -1.14. The van der Waals surface area contributed by atoms with Gasteiger partial charge < -0.3 is 0 Å². The molecule has 0 aliphatic heterocycles. The summed E-state index contributed by atoms with van der Waals surface area (Å²) in [5, 5.41) is 9.14. The smallest absolute Gasteiger partial charge is 0.261 e. The highest BCUT2D eigenvalue weighted by Gasteiger charge is 2.08. The Kier molecular flexibility index (Phi) is 3.65. The summed E-state index contributed by atoms with van der Waals surface area (Å²) in [5.41, 5.74) is 0.563. The van der Waals surface area contributed by atoms with E-state index in [1.807, 2.05) is 0 Å². The third kappa shape index (κ3) is 3.85. The van der Waals surface area contributed by atoms with Gasteiger partial charge in [0.1, 0.15) is 0 Å². The van der Waals surface area contributed by atoms with Gasteiger partial charge in [-0.25, -0.2) is 8.42 Å². The van der Waals surface area contributed by atoms with Gasteiger partial charge in [-0.05, 0) is 24.3 Å². The van der Waals surface area contributed by atoms with Gasteiger partial charge in [0.25, 0.3) is 9.05 Å². The fourth-order valence-corrected chi connectivity index (χ4v) is 1.59. The van der Waals surface area contributed by atoms with Crippen LogP contribution in [0.15, 0.2) is 39.5 Å². The third-order valence-electron chi connectivity index (χ3n) is 1.46. The molecule has 1 aromatic carbocycles. The van der Waals surface area contributed by atoms with Gasteiger partial charge in [0.2, 0.25) is 0 Å². The SMILES string of the molecule is CN(C)N=Nc1ccc(S(=O)(=O)Cl)cc1. The lowest BCUT2D eigenvalue weighted by molar-refractivity contribution is 0.408. The highest BCUT2D eigenvalue weighted by atomic mass is 35.7. The zero-order valence-electron chi connectivity index (χ0n) is 8.25. The van der Waals surface area contributed by atoms with Crippen LogP contribution in [0, 0.1) is 0 Å². The van der Waals surface area contributed by atoms with Gasteiger partial charge in [0.05, 0.1) is 10.6 Å². The van der Waals surface area contributed by atoms with Gasteiger partial charge in [-0.2, -0.15) is 0 Å². The summed E-state index contributed by atoms with van der Waals surface area (Å²) in [6, 6.07) is 5.82. The van der Waals surface area contributed by atoms with E-state index in [0.717, 1.165) is 0 Å². The Balaban J connectivity index is 2.91. The molecule has 0 saturated heterocycles. The lowest BCUT2D eigenvalue weighted by Gasteiger charge is -2.00. The van der Waals surface area contributed by atoms with Gasteiger partial charge >= 0.3 is 0 Å². The van der Waals surface area contributed by atoms with Crippen molar-refractivity contribution in [2.45, 2.75) is 4.90 Å². The van der Waals surface area contributed by atoms with Crippen LogP contribution in [-0.4, -0.2) is 27.5 Å². The topological polar surface area (TPSA) is 62.1 Å². The van der Waals surface area contributed by atoms with Gasteiger partial charge in [-0.3, -0.25) is 5.01 Å². The number of rotatable bonds is 3. The molecule has 0 bridgehead atoms. The molecule has 0 radical (unpaired) electrons. The monoisotopic (exact) mass is 247 g/mol. The molecular formula is C8H10ClN3O2S. The van der Waals surface area contributed by atoms with E-state index < -0.39 is 9.05 Å². The van der Waals surface area contributed by atoms with Crippen LogP contribution in [0.25, 0.3) is 0 Å². The van der Waals surface area contributed by atoms with Crippen LogP contribution in [0.2, 0.25) is 0 Å². The lowest BCUT2D eigenvalue weighted by atomic mass is 10.3. The molecule has 0 aliphatic rings. The molecule has 5 nitrogen and oxygen atoms in total. The predicted molar refractivity (Wildman–Crippen MR) is 57.7 cm³/mol. The summed E-state index contributed by atoms with van der Waals surface area (Å²) in [7, 11) is 4.96. The molecule has 0 atom stereocenters. The van der Waals surface area contributed by atoms with Crippen LogP contribution in [0.1, 0.15) is 0 Å². The quantitative estimate of drug-likeness (QED) is 0.467. The molecule has 0 heterocycles. The third-order valence-corrected chi connectivity index (χ3v) is 2.83. The van der Waals surface area contributed by atoms with Crippen LogP contribution in [0.5, 0.6) is 0 Å². The van der Waals surface area contributed by atoms with Crippen LogP contribution in [0.3, 0.4) is 0 Å². The Morgan fingerprint density at radius 3 is 2.13 bits per heavy atom. The van der Waals surface area contributed by atoms with Crippen LogP contribution >= 0.6 is 10.7 Å². The highest BCUT2D eigenvalue weighted by Crippen LogP contribution is 2.19. The number of benzene rings is 1. The van der Waals surface area contributed by atoms with Crippen molar-refractivity contribution in [2.24, 2.45) is 10.3 Å². The average Bonchev–Trinajstić information content (AvgIpc) is 2.14. The largest absolute Gasteiger partial charge is 0.285 e. The van der Waals surface area contributed by atoms with Crippen molar-refractivity contribution in [2.75, 3.05) is 14.1 Å². The Morgan fingerprint density at radius 1 is 1.20 bits per heavy atom. The van der Waals surface area contributed by atoms with E-state index in [-0.39, 0.29) is 4.90 Å². The Morgan fingerprint density at radius 2 is 1.73 bits per heavy atom. The first-order valence-electron chi connectivity index (χ1n) is 4.03. The Labute approximate surface area is 92.8 Å².